The highest BCUT2D eigenvalue weighted by Gasteiger charge is 2.13. The van der Waals surface area contributed by atoms with Crippen LogP contribution < -0.4 is 0 Å². The van der Waals surface area contributed by atoms with Crippen molar-refractivity contribution in [2.45, 2.75) is 19.3 Å². The minimum absolute atomic E-state index is 1.16. The van der Waals surface area contributed by atoms with Gasteiger partial charge in [0.25, 0.3) is 0 Å². The third-order valence-corrected chi connectivity index (χ3v) is 1.27. The van der Waals surface area contributed by atoms with Crippen LogP contribution in [-0.4, -0.2) is 0 Å². The lowest BCUT2D eigenvalue weighted by atomic mass is 10.0. The minimum Gasteiger partial charge on any atom is -0.117 e. The highest BCUT2D eigenvalue weighted by molar-refractivity contribution is 6.27. The van der Waals surface area contributed by atoms with Gasteiger partial charge in [0.05, 0.1) is 5.38 Å². The zero-order valence-corrected chi connectivity index (χ0v) is 3.76. The molecular weight excluding hydrogens is 83.5 g/mol. The Kier molecular flexibility index (Phi) is 0.817. The Hall–Kier alpha value is 0.290. The average molecular weight is 89.5 g/mol. The maximum absolute atomic E-state index is 5.47. The van der Waals surface area contributed by atoms with Gasteiger partial charge in [-0.2, -0.15) is 0 Å². The maximum Gasteiger partial charge on any atom is 0.0637 e. The largest absolute Gasteiger partial charge is 0.117 e. The fourth-order valence-electron chi connectivity index (χ4n) is 0.310. The Morgan fingerprint density at radius 1 is 1.40 bits per heavy atom. The second-order valence-electron chi connectivity index (χ2n) is 1.37. The minimum atomic E-state index is 1.16. The van der Waals surface area contributed by atoms with E-state index in [-0.39, 0.29) is 0 Å². The first-order valence-electron chi connectivity index (χ1n) is 1.90. The molecule has 0 amide bonds. The Labute approximate surface area is 37.1 Å². The molecule has 0 nitrogen and oxygen atoms in total. The molecule has 1 saturated carbocycles. The van der Waals surface area contributed by atoms with Crippen molar-refractivity contribution in [2.24, 2.45) is 0 Å². The smallest absolute Gasteiger partial charge is 0.0637 e. The van der Waals surface area contributed by atoms with Crippen molar-refractivity contribution in [1.82, 2.24) is 0 Å². The lowest BCUT2D eigenvalue weighted by Gasteiger charge is -2.15. The van der Waals surface area contributed by atoms with E-state index < -0.39 is 0 Å². The first-order valence-corrected chi connectivity index (χ1v) is 2.27. The number of halogens is 1. The van der Waals surface area contributed by atoms with Gasteiger partial charge in [0.1, 0.15) is 0 Å². The van der Waals surface area contributed by atoms with E-state index in [1.165, 1.54) is 19.3 Å². The summed E-state index contributed by atoms with van der Waals surface area (Å²) in [5, 5.41) is 1.16. The van der Waals surface area contributed by atoms with Crippen molar-refractivity contribution in [1.29, 1.82) is 0 Å². The van der Waals surface area contributed by atoms with Crippen molar-refractivity contribution < 1.29 is 0 Å². The van der Waals surface area contributed by atoms with Crippen LogP contribution >= 0.6 is 11.6 Å². The summed E-state index contributed by atoms with van der Waals surface area (Å²) >= 11 is 5.47. The molecule has 0 aromatic heterocycles. The van der Waals surface area contributed by atoms with E-state index in [1.807, 2.05) is 0 Å². The van der Waals surface area contributed by atoms with Crippen LogP contribution in [0.25, 0.3) is 0 Å². The fraction of sp³-hybridized carbons (Fsp3) is 0.750. The van der Waals surface area contributed by atoms with Crippen LogP contribution in [0.15, 0.2) is 0 Å². The highest BCUT2D eigenvalue weighted by Crippen LogP contribution is 2.31. The lowest BCUT2D eigenvalue weighted by molar-refractivity contribution is 0.620. The monoisotopic (exact) mass is 89.0 g/mol. The third kappa shape index (κ3) is 0.569. The van der Waals surface area contributed by atoms with E-state index in [2.05, 4.69) is 0 Å². The fourth-order valence-corrected chi connectivity index (χ4v) is 0.578. The molecule has 0 saturated heterocycles. The SMILES string of the molecule is Cl[C]1CCC1. The second-order valence-corrected chi connectivity index (χ2v) is 1.91. The van der Waals surface area contributed by atoms with E-state index in [0.717, 1.165) is 5.38 Å². The Morgan fingerprint density at radius 2 is 1.80 bits per heavy atom. The van der Waals surface area contributed by atoms with E-state index in [9.17, 15) is 0 Å². The Morgan fingerprint density at radius 3 is 1.80 bits per heavy atom. The van der Waals surface area contributed by atoms with Gasteiger partial charge in [-0.15, -0.1) is 11.6 Å². The second kappa shape index (κ2) is 1.17. The summed E-state index contributed by atoms with van der Waals surface area (Å²) in [6, 6.07) is 0. The molecule has 1 rings (SSSR count). The zero-order chi connectivity index (χ0) is 3.70. The van der Waals surface area contributed by atoms with Crippen molar-refractivity contribution in [3.8, 4) is 0 Å². The third-order valence-electron chi connectivity index (χ3n) is 0.896. The molecule has 1 aliphatic carbocycles. The van der Waals surface area contributed by atoms with Crippen LogP contribution in [0.4, 0.5) is 0 Å². The molecule has 1 aliphatic rings. The van der Waals surface area contributed by atoms with Crippen LogP contribution in [0.3, 0.4) is 0 Å². The average Bonchev–Trinajstić information content (AvgIpc) is 1.30. The molecule has 0 aliphatic heterocycles. The summed E-state index contributed by atoms with van der Waals surface area (Å²) in [5.41, 5.74) is 0. The first-order chi connectivity index (χ1) is 2.39. The Bertz CT molecular complexity index is 30.6. The number of rotatable bonds is 0. The van der Waals surface area contributed by atoms with Crippen LogP contribution in [0, 0.1) is 5.38 Å². The summed E-state index contributed by atoms with van der Waals surface area (Å²) in [6.07, 6.45) is 3.65. The van der Waals surface area contributed by atoms with Gasteiger partial charge in [0, 0.05) is 0 Å². The summed E-state index contributed by atoms with van der Waals surface area (Å²) in [6.45, 7) is 0. The van der Waals surface area contributed by atoms with Crippen LogP contribution in [-0.2, 0) is 0 Å². The predicted octanol–water partition coefficient (Wildman–Crippen LogP) is 1.94. The first kappa shape index (κ1) is 3.48. The standard InChI is InChI=1S/C4H6Cl/c5-4-2-1-3-4/h1-3H2. The van der Waals surface area contributed by atoms with Gasteiger partial charge in [0.15, 0.2) is 0 Å². The van der Waals surface area contributed by atoms with E-state index >= 15 is 0 Å². The molecule has 0 aromatic rings. The predicted molar refractivity (Wildman–Crippen MR) is 22.9 cm³/mol. The molecule has 29 valence electrons. The van der Waals surface area contributed by atoms with E-state index in [0.29, 0.717) is 0 Å². The molecule has 0 aromatic carbocycles. The quantitative estimate of drug-likeness (QED) is 0.426. The summed E-state index contributed by atoms with van der Waals surface area (Å²) in [7, 11) is 0. The molecule has 0 spiro atoms. The van der Waals surface area contributed by atoms with Gasteiger partial charge in [0.2, 0.25) is 0 Å². The molecular formula is C4H6Cl. The van der Waals surface area contributed by atoms with Crippen molar-refractivity contribution in [2.75, 3.05) is 0 Å². The van der Waals surface area contributed by atoms with Crippen LogP contribution in [0.2, 0.25) is 0 Å². The van der Waals surface area contributed by atoms with Gasteiger partial charge in [-0.25, -0.2) is 0 Å². The molecule has 0 N–H and O–H groups in total. The van der Waals surface area contributed by atoms with E-state index in [1.54, 1.807) is 0 Å². The molecule has 0 bridgehead atoms. The molecule has 1 fully saturated rings. The number of hydrogen-bond acceptors (Lipinski definition) is 0. The van der Waals surface area contributed by atoms with E-state index in [4.69, 9.17) is 11.6 Å². The number of hydrogen-bond donors (Lipinski definition) is 0. The summed E-state index contributed by atoms with van der Waals surface area (Å²) in [4.78, 5) is 0. The highest BCUT2D eigenvalue weighted by atomic mass is 35.5. The van der Waals surface area contributed by atoms with Crippen molar-refractivity contribution in [3.63, 3.8) is 0 Å². The lowest BCUT2D eigenvalue weighted by Crippen LogP contribution is -1.98. The summed E-state index contributed by atoms with van der Waals surface area (Å²) < 4.78 is 0. The maximum atomic E-state index is 5.47. The Balaban J connectivity index is 2.08. The normalized spacial score (nSPS) is 25.8. The van der Waals surface area contributed by atoms with Gasteiger partial charge < -0.3 is 0 Å². The zero-order valence-electron chi connectivity index (χ0n) is 3.00. The molecule has 5 heavy (non-hydrogen) atoms. The van der Waals surface area contributed by atoms with Crippen LogP contribution in [0.1, 0.15) is 19.3 Å². The molecule has 1 radical (unpaired) electrons. The van der Waals surface area contributed by atoms with Crippen molar-refractivity contribution in [3.05, 3.63) is 5.38 Å². The molecule has 1 heteroatoms. The molecule has 0 atom stereocenters. The van der Waals surface area contributed by atoms with Gasteiger partial charge in [-0.1, -0.05) is 0 Å². The molecule has 0 unspecified atom stereocenters. The van der Waals surface area contributed by atoms with Gasteiger partial charge in [-0.05, 0) is 19.3 Å². The van der Waals surface area contributed by atoms with Gasteiger partial charge >= 0.3 is 0 Å². The van der Waals surface area contributed by atoms with Gasteiger partial charge in [-0.3, -0.25) is 0 Å². The van der Waals surface area contributed by atoms with Crippen molar-refractivity contribution >= 4 is 11.6 Å². The van der Waals surface area contributed by atoms with Crippen LogP contribution in [0.5, 0.6) is 0 Å². The molecule has 0 heterocycles. The topological polar surface area (TPSA) is 0 Å². The summed E-state index contributed by atoms with van der Waals surface area (Å²) in [5.74, 6) is 0.